The number of carboxylic acids is 1. The zero-order valence-corrected chi connectivity index (χ0v) is 10.6. The monoisotopic (exact) mass is 283 g/mol. The third kappa shape index (κ3) is 4.05. The van der Waals surface area contributed by atoms with E-state index in [1.165, 1.54) is 17.0 Å². The van der Waals surface area contributed by atoms with E-state index >= 15 is 0 Å². The molecule has 0 radical (unpaired) electrons. The van der Waals surface area contributed by atoms with Gasteiger partial charge in [-0.1, -0.05) is 12.0 Å². The van der Waals surface area contributed by atoms with Crippen LogP contribution >= 0.6 is 0 Å². The molecule has 0 aliphatic heterocycles. The van der Waals surface area contributed by atoms with Gasteiger partial charge in [-0.25, -0.2) is 4.79 Å². The molecule has 0 heterocycles. The Bertz CT molecular complexity index is 571. The number of benzene rings is 1. The number of aliphatic carboxylic acids is 1. The van der Waals surface area contributed by atoms with Gasteiger partial charge in [0.2, 0.25) is 0 Å². The summed E-state index contributed by atoms with van der Waals surface area (Å²) in [6, 6.07) is 3.61. The average Bonchev–Trinajstić information content (AvgIpc) is 2.35. The van der Waals surface area contributed by atoms with Crippen LogP contribution in [0.1, 0.15) is 11.1 Å². The van der Waals surface area contributed by atoms with E-state index in [0.29, 0.717) is 11.8 Å². The molecular formula is C14H12F3NO2. The molecule has 1 N–H and O–H groups in total. The number of rotatable bonds is 4. The van der Waals surface area contributed by atoms with Gasteiger partial charge in [-0.3, -0.25) is 0 Å². The SMILES string of the molecule is C#CCN(C)c1ccc(/C=C/C(=O)O)c(C(F)(F)F)c1. The zero-order chi connectivity index (χ0) is 15.3. The van der Waals surface area contributed by atoms with Crippen LogP contribution in [0.15, 0.2) is 24.3 Å². The Morgan fingerprint density at radius 1 is 1.50 bits per heavy atom. The molecule has 0 fully saturated rings. The topological polar surface area (TPSA) is 40.5 Å². The van der Waals surface area contributed by atoms with Gasteiger partial charge in [0, 0.05) is 18.8 Å². The Morgan fingerprint density at radius 2 is 2.15 bits per heavy atom. The molecule has 1 rings (SSSR count). The summed E-state index contributed by atoms with van der Waals surface area (Å²) in [6.45, 7) is 0.168. The first-order valence-corrected chi connectivity index (χ1v) is 5.52. The van der Waals surface area contributed by atoms with Gasteiger partial charge in [-0.15, -0.1) is 6.42 Å². The van der Waals surface area contributed by atoms with Crippen LogP contribution in [0.3, 0.4) is 0 Å². The summed E-state index contributed by atoms with van der Waals surface area (Å²) in [7, 11) is 1.57. The minimum absolute atomic E-state index is 0.168. The van der Waals surface area contributed by atoms with Gasteiger partial charge in [0.1, 0.15) is 0 Å². The quantitative estimate of drug-likeness (QED) is 0.682. The predicted molar refractivity (Wildman–Crippen MR) is 70.2 cm³/mol. The maximum atomic E-state index is 13.0. The maximum absolute atomic E-state index is 13.0. The Labute approximate surface area is 114 Å². The van der Waals surface area contributed by atoms with Crippen molar-refractivity contribution in [3.05, 3.63) is 35.4 Å². The summed E-state index contributed by atoms with van der Waals surface area (Å²) < 4.78 is 38.9. The van der Waals surface area contributed by atoms with Crippen LogP contribution in [-0.4, -0.2) is 24.7 Å². The normalized spacial score (nSPS) is 11.3. The molecule has 6 heteroatoms. The smallest absolute Gasteiger partial charge is 0.417 e. The van der Waals surface area contributed by atoms with Gasteiger partial charge >= 0.3 is 12.1 Å². The number of hydrogen-bond acceptors (Lipinski definition) is 2. The average molecular weight is 283 g/mol. The molecule has 0 amide bonds. The van der Waals surface area contributed by atoms with Crippen molar-refractivity contribution in [3.63, 3.8) is 0 Å². The van der Waals surface area contributed by atoms with E-state index in [0.717, 1.165) is 12.1 Å². The molecule has 1 aromatic rings. The molecule has 0 aliphatic rings. The minimum atomic E-state index is -4.58. The van der Waals surface area contributed by atoms with Crippen molar-refractivity contribution >= 4 is 17.7 Å². The first-order valence-electron chi connectivity index (χ1n) is 5.52. The number of carbonyl (C=O) groups is 1. The van der Waals surface area contributed by atoms with E-state index in [4.69, 9.17) is 11.5 Å². The van der Waals surface area contributed by atoms with Crippen molar-refractivity contribution in [3.8, 4) is 12.3 Å². The third-order valence-electron chi connectivity index (χ3n) is 2.52. The lowest BCUT2D eigenvalue weighted by Crippen LogP contribution is -2.18. The molecular weight excluding hydrogens is 271 g/mol. The van der Waals surface area contributed by atoms with Gasteiger partial charge in [-0.05, 0) is 23.8 Å². The lowest BCUT2D eigenvalue weighted by atomic mass is 10.0. The van der Waals surface area contributed by atoms with E-state index in [2.05, 4.69) is 5.92 Å². The van der Waals surface area contributed by atoms with Crippen LogP contribution in [0.5, 0.6) is 0 Å². The standard InChI is InChI=1S/C14H12F3NO2/c1-3-8-18(2)11-6-4-10(5-7-13(19)20)12(9-11)14(15,16)17/h1,4-7,9H,8H2,2H3,(H,19,20)/b7-5+. The molecule has 0 bridgehead atoms. The number of halogens is 3. The number of nitrogens with zero attached hydrogens (tertiary/aromatic N) is 1. The van der Waals surface area contributed by atoms with Crippen molar-refractivity contribution in [2.24, 2.45) is 0 Å². The van der Waals surface area contributed by atoms with Crippen LogP contribution in [0.25, 0.3) is 6.08 Å². The van der Waals surface area contributed by atoms with Crippen molar-refractivity contribution in [2.75, 3.05) is 18.5 Å². The van der Waals surface area contributed by atoms with E-state index in [1.54, 1.807) is 7.05 Å². The molecule has 0 atom stereocenters. The lowest BCUT2D eigenvalue weighted by Gasteiger charge is -2.19. The van der Waals surface area contributed by atoms with Gasteiger partial charge < -0.3 is 10.0 Å². The largest absolute Gasteiger partial charge is 0.478 e. The fraction of sp³-hybridized carbons (Fsp3) is 0.214. The van der Waals surface area contributed by atoms with E-state index in [-0.39, 0.29) is 12.1 Å². The van der Waals surface area contributed by atoms with Crippen LogP contribution < -0.4 is 4.90 Å². The molecule has 0 aliphatic carbocycles. The first-order chi connectivity index (χ1) is 9.25. The molecule has 0 aromatic heterocycles. The highest BCUT2D eigenvalue weighted by Gasteiger charge is 2.33. The molecule has 0 saturated heterocycles. The fourth-order valence-corrected chi connectivity index (χ4v) is 1.56. The van der Waals surface area contributed by atoms with Crippen molar-refractivity contribution in [1.82, 2.24) is 0 Å². The van der Waals surface area contributed by atoms with Crippen LogP contribution in [0.2, 0.25) is 0 Å². The number of terminal acetylenes is 1. The molecule has 0 spiro atoms. The van der Waals surface area contributed by atoms with E-state index in [9.17, 15) is 18.0 Å². The number of hydrogen-bond donors (Lipinski definition) is 1. The fourth-order valence-electron chi connectivity index (χ4n) is 1.56. The van der Waals surface area contributed by atoms with Gasteiger partial charge in [0.05, 0.1) is 12.1 Å². The van der Waals surface area contributed by atoms with E-state index in [1.807, 2.05) is 0 Å². The molecule has 1 aromatic carbocycles. The van der Waals surface area contributed by atoms with Crippen LogP contribution in [0, 0.1) is 12.3 Å². The summed E-state index contributed by atoms with van der Waals surface area (Å²) >= 11 is 0. The third-order valence-corrected chi connectivity index (χ3v) is 2.52. The highest BCUT2D eigenvalue weighted by molar-refractivity contribution is 5.85. The molecule has 0 unspecified atom stereocenters. The Hall–Kier alpha value is -2.42. The maximum Gasteiger partial charge on any atom is 0.417 e. The van der Waals surface area contributed by atoms with Gasteiger partial charge in [0.15, 0.2) is 0 Å². The van der Waals surface area contributed by atoms with Crippen molar-refractivity contribution in [1.29, 1.82) is 0 Å². The highest BCUT2D eigenvalue weighted by Crippen LogP contribution is 2.35. The van der Waals surface area contributed by atoms with Crippen LogP contribution in [0.4, 0.5) is 18.9 Å². The molecule has 20 heavy (non-hydrogen) atoms. The number of anilines is 1. The van der Waals surface area contributed by atoms with Crippen molar-refractivity contribution < 1.29 is 23.1 Å². The lowest BCUT2D eigenvalue weighted by molar-refractivity contribution is -0.137. The predicted octanol–water partition coefficient (Wildman–Crippen LogP) is 2.87. The molecule has 106 valence electrons. The zero-order valence-electron chi connectivity index (χ0n) is 10.6. The highest BCUT2D eigenvalue weighted by atomic mass is 19.4. The summed E-state index contributed by atoms with van der Waals surface area (Å²) in [5.41, 5.74) is -0.808. The number of carboxylic acid groups (broad SMARTS) is 1. The number of alkyl halides is 3. The summed E-state index contributed by atoms with van der Waals surface area (Å²) in [5, 5.41) is 8.48. The Balaban J connectivity index is 3.28. The Morgan fingerprint density at radius 3 is 2.65 bits per heavy atom. The molecule has 0 saturated carbocycles. The van der Waals surface area contributed by atoms with Crippen molar-refractivity contribution in [2.45, 2.75) is 6.18 Å². The second kappa shape index (κ2) is 6.15. The second-order valence-corrected chi connectivity index (χ2v) is 4.00. The van der Waals surface area contributed by atoms with Gasteiger partial charge in [-0.2, -0.15) is 13.2 Å². The summed E-state index contributed by atoms with van der Waals surface area (Å²) in [4.78, 5) is 11.9. The second-order valence-electron chi connectivity index (χ2n) is 4.00. The van der Waals surface area contributed by atoms with Crippen LogP contribution in [-0.2, 0) is 11.0 Å². The first kappa shape index (κ1) is 15.6. The molecule has 3 nitrogen and oxygen atoms in total. The van der Waals surface area contributed by atoms with E-state index < -0.39 is 17.7 Å². The van der Waals surface area contributed by atoms with Gasteiger partial charge in [0.25, 0.3) is 0 Å². The summed E-state index contributed by atoms with van der Waals surface area (Å²) in [5.74, 6) is 1.02. The Kier molecular flexibility index (Phi) is 4.81. The minimum Gasteiger partial charge on any atom is -0.478 e. The summed E-state index contributed by atoms with van der Waals surface area (Å²) in [6.07, 6.45) is 2.11.